The lowest BCUT2D eigenvalue weighted by Crippen LogP contribution is -2.35. The first-order valence-electron chi connectivity index (χ1n) is 7.11. The fourth-order valence-corrected chi connectivity index (χ4v) is 3.19. The van der Waals surface area contributed by atoms with Crippen LogP contribution in [0, 0.1) is 5.92 Å². The minimum atomic E-state index is -4.54. The second-order valence-electron chi connectivity index (χ2n) is 5.64. The quantitative estimate of drug-likeness (QED) is 0.872. The van der Waals surface area contributed by atoms with Crippen LogP contribution in [0.4, 0.5) is 13.2 Å². The highest BCUT2D eigenvalue weighted by molar-refractivity contribution is 6.30. The van der Waals surface area contributed by atoms with Gasteiger partial charge < -0.3 is 10.8 Å². The molecule has 0 saturated heterocycles. The van der Waals surface area contributed by atoms with Crippen LogP contribution in [0.5, 0.6) is 0 Å². The number of aliphatic hydroxyl groups excluding tert-OH is 1. The van der Waals surface area contributed by atoms with E-state index in [4.69, 9.17) is 17.3 Å². The zero-order chi connectivity index (χ0) is 15.6. The van der Waals surface area contributed by atoms with Crippen molar-refractivity contribution in [2.75, 3.05) is 0 Å². The maximum atomic E-state index is 13.1. The van der Waals surface area contributed by atoms with Crippen molar-refractivity contribution >= 4 is 11.6 Å². The van der Waals surface area contributed by atoms with E-state index in [1.807, 2.05) is 0 Å². The summed E-state index contributed by atoms with van der Waals surface area (Å²) in [5.41, 5.74) is 4.97. The fraction of sp³-hybridized carbons (Fsp3) is 0.600. The second kappa shape index (κ2) is 6.55. The Labute approximate surface area is 127 Å². The van der Waals surface area contributed by atoms with Crippen molar-refractivity contribution in [2.24, 2.45) is 11.7 Å². The van der Waals surface area contributed by atoms with Gasteiger partial charge in [0, 0.05) is 5.02 Å². The van der Waals surface area contributed by atoms with Crippen molar-refractivity contribution in [3.8, 4) is 0 Å². The Morgan fingerprint density at radius 3 is 2.38 bits per heavy atom. The first-order chi connectivity index (χ1) is 9.80. The van der Waals surface area contributed by atoms with E-state index >= 15 is 0 Å². The number of alkyl halides is 3. The third-order valence-electron chi connectivity index (χ3n) is 4.18. The SMILES string of the molecule is N[C@H](c1ccc(Cl)cc1C(F)(F)F)[C@@H](O)C1CCCCC1. The third-order valence-corrected chi connectivity index (χ3v) is 4.42. The molecule has 1 aromatic rings. The fourth-order valence-electron chi connectivity index (χ4n) is 3.02. The highest BCUT2D eigenvalue weighted by Crippen LogP contribution is 2.38. The van der Waals surface area contributed by atoms with Crippen LogP contribution in [0.1, 0.15) is 49.3 Å². The molecule has 0 heterocycles. The van der Waals surface area contributed by atoms with Crippen molar-refractivity contribution in [3.05, 3.63) is 34.3 Å². The number of benzene rings is 1. The van der Waals surface area contributed by atoms with Crippen LogP contribution in [0.2, 0.25) is 5.02 Å². The lowest BCUT2D eigenvalue weighted by Gasteiger charge is -2.31. The van der Waals surface area contributed by atoms with Gasteiger partial charge in [-0.2, -0.15) is 13.2 Å². The summed E-state index contributed by atoms with van der Waals surface area (Å²) >= 11 is 5.65. The minimum Gasteiger partial charge on any atom is -0.391 e. The Morgan fingerprint density at radius 2 is 1.81 bits per heavy atom. The molecule has 0 amide bonds. The molecular weight excluding hydrogens is 303 g/mol. The Hall–Kier alpha value is -0.780. The maximum absolute atomic E-state index is 13.1. The summed E-state index contributed by atoms with van der Waals surface area (Å²) in [5.74, 6) is -0.0366. The van der Waals surface area contributed by atoms with Crippen LogP contribution in [-0.4, -0.2) is 11.2 Å². The molecule has 1 aliphatic rings. The molecule has 1 aliphatic carbocycles. The van der Waals surface area contributed by atoms with E-state index < -0.39 is 23.9 Å². The van der Waals surface area contributed by atoms with Crippen LogP contribution in [0.15, 0.2) is 18.2 Å². The molecular formula is C15H19ClF3NO. The van der Waals surface area contributed by atoms with Crippen molar-refractivity contribution in [3.63, 3.8) is 0 Å². The smallest absolute Gasteiger partial charge is 0.391 e. The van der Waals surface area contributed by atoms with E-state index in [2.05, 4.69) is 0 Å². The molecule has 2 atom stereocenters. The zero-order valence-corrected chi connectivity index (χ0v) is 12.3. The summed E-state index contributed by atoms with van der Waals surface area (Å²) in [6.45, 7) is 0. The van der Waals surface area contributed by atoms with E-state index in [-0.39, 0.29) is 16.5 Å². The molecule has 2 rings (SSSR count). The summed E-state index contributed by atoms with van der Waals surface area (Å²) < 4.78 is 39.3. The molecule has 0 aliphatic heterocycles. The predicted molar refractivity (Wildman–Crippen MR) is 76.0 cm³/mol. The number of nitrogens with two attached hydrogens (primary N) is 1. The lowest BCUT2D eigenvalue weighted by molar-refractivity contribution is -0.138. The van der Waals surface area contributed by atoms with Crippen LogP contribution < -0.4 is 5.73 Å². The van der Waals surface area contributed by atoms with Gasteiger partial charge in [0.25, 0.3) is 0 Å². The topological polar surface area (TPSA) is 46.2 Å². The summed E-state index contributed by atoms with van der Waals surface area (Å²) in [5, 5.41) is 10.3. The lowest BCUT2D eigenvalue weighted by atomic mass is 9.80. The van der Waals surface area contributed by atoms with Crippen molar-refractivity contribution < 1.29 is 18.3 Å². The summed E-state index contributed by atoms with van der Waals surface area (Å²) in [4.78, 5) is 0. The predicted octanol–water partition coefficient (Wildman–Crippen LogP) is 4.30. The monoisotopic (exact) mass is 321 g/mol. The van der Waals surface area contributed by atoms with Crippen LogP contribution in [0.3, 0.4) is 0 Å². The largest absolute Gasteiger partial charge is 0.416 e. The van der Waals surface area contributed by atoms with Gasteiger partial charge in [0.2, 0.25) is 0 Å². The molecule has 0 unspecified atom stereocenters. The average molecular weight is 322 g/mol. The highest BCUT2D eigenvalue weighted by atomic mass is 35.5. The molecule has 0 aromatic heterocycles. The molecule has 0 radical (unpaired) electrons. The van der Waals surface area contributed by atoms with Gasteiger partial charge in [-0.3, -0.25) is 0 Å². The summed E-state index contributed by atoms with van der Waals surface area (Å²) in [7, 11) is 0. The molecule has 6 heteroatoms. The van der Waals surface area contributed by atoms with Gasteiger partial charge in [0.1, 0.15) is 0 Å². The first-order valence-corrected chi connectivity index (χ1v) is 7.49. The Bertz CT molecular complexity index is 486. The standard InChI is InChI=1S/C15H19ClF3NO/c16-10-6-7-11(12(8-10)15(17,18)19)13(20)14(21)9-4-2-1-3-5-9/h6-9,13-14,21H,1-5,20H2/t13-,14+/m1/s1. The van der Waals surface area contributed by atoms with Crippen LogP contribution >= 0.6 is 11.6 Å². The zero-order valence-electron chi connectivity index (χ0n) is 11.5. The normalized spacial score (nSPS) is 20.3. The number of aliphatic hydroxyl groups is 1. The molecule has 0 spiro atoms. The van der Waals surface area contributed by atoms with Gasteiger partial charge in [0.05, 0.1) is 17.7 Å². The number of hydrogen-bond donors (Lipinski definition) is 2. The number of halogens is 4. The second-order valence-corrected chi connectivity index (χ2v) is 6.08. The van der Waals surface area contributed by atoms with Gasteiger partial charge in [-0.05, 0) is 36.5 Å². The van der Waals surface area contributed by atoms with Gasteiger partial charge in [-0.25, -0.2) is 0 Å². The van der Waals surface area contributed by atoms with E-state index in [1.54, 1.807) is 0 Å². The summed E-state index contributed by atoms with van der Waals surface area (Å²) in [6.07, 6.45) is -0.805. The molecule has 3 N–H and O–H groups in total. The van der Waals surface area contributed by atoms with Gasteiger partial charge in [-0.1, -0.05) is 36.9 Å². The summed E-state index contributed by atoms with van der Waals surface area (Å²) in [6, 6.07) is 2.45. The van der Waals surface area contributed by atoms with Crippen molar-refractivity contribution in [2.45, 2.75) is 50.4 Å². The molecule has 1 saturated carbocycles. The van der Waals surface area contributed by atoms with Crippen LogP contribution in [0.25, 0.3) is 0 Å². The Kier molecular flexibility index (Phi) is 5.17. The highest BCUT2D eigenvalue weighted by Gasteiger charge is 2.37. The molecule has 0 bridgehead atoms. The van der Waals surface area contributed by atoms with E-state index in [0.717, 1.165) is 38.2 Å². The number of rotatable bonds is 3. The molecule has 2 nitrogen and oxygen atoms in total. The van der Waals surface area contributed by atoms with Gasteiger partial charge >= 0.3 is 6.18 Å². The molecule has 1 aromatic carbocycles. The van der Waals surface area contributed by atoms with E-state index in [9.17, 15) is 18.3 Å². The third kappa shape index (κ3) is 3.90. The van der Waals surface area contributed by atoms with Crippen LogP contribution in [-0.2, 0) is 6.18 Å². The van der Waals surface area contributed by atoms with Gasteiger partial charge in [-0.15, -0.1) is 0 Å². The minimum absolute atomic E-state index is 0.00503. The van der Waals surface area contributed by atoms with Crippen molar-refractivity contribution in [1.82, 2.24) is 0 Å². The molecule has 1 fully saturated rings. The van der Waals surface area contributed by atoms with E-state index in [0.29, 0.717) is 0 Å². The first kappa shape index (κ1) is 16.6. The number of hydrogen-bond acceptors (Lipinski definition) is 2. The molecule has 21 heavy (non-hydrogen) atoms. The maximum Gasteiger partial charge on any atom is 0.416 e. The Morgan fingerprint density at radius 1 is 1.19 bits per heavy atom. The van der Waals surface area contributed by atoms with Crippen molar-refractivity contribution in [1.29, 1.82) is 0 Å². The van der Waals surface area contributed by atoms with Gasteiger partial charge in [0.15, 0.2) is 0 Å². The molecule has 118 valence electrons. The average Bonchev–Trinajstić information content (AvgIpc) is 2.45. The Balaban J connectivity index is 2.27. The van der Waals surface area contributed by atoms with E-state index in [1.165, 1.54) is 12.1 Å².